The molecule has 0 aromatic rings. The second-order valence-electron chi connectivity index (χ2n) is 5.30. The summed E-state index contributed by atoms with van der Waals surface area (Å²) in [5.74, 6) is 0.258. The fourth-order valence-electron chi connectivity index (χ4n) is 3.27. The van der Waals surface area contributed by atoms with Crippen LogP contribution >= 0.6 is 12.4 Å². The van der Waals surface area contributed by atoms with E-state index in [9.17, 15) is 0 Å². The molecular formula is C11H17ClN8. The Labute approximate surface area is 122 Å². The zero-order valence-electron chi connectivity index (χ0n) is 10.9. The van der Waals surface area contributed by atoms with Gasteiger partial charge >= 0.3 is 0 Å². The van der Waals surface area contributed by atoms with Crippen LogP contribution in [0.3, 0.4) is 0 Å². The number of hydrazine groups is 1. The quantitative estimate of drug-likeness (QED) is 0.658. The molecule has 5 rings (SSSR count). The summed E-state index contributed by atoms with van der Waals surface area (Å²) in [4.78, 5) is 17.1. The maximum Gasteiger partial charge on any atom is 0.272 e. The zero-order chi connectivity index (χ0) is 13.0. The molecule has 0 saturated carbocycles. The number of hydrogen-bond acceptors (Lipinski definition) is 8. The summed E-state index contributed by atoms with van der Waals surface area (Å²) >= 11 is 0. The molecule has 5 aliphatic heterocycles. The summed E-state index contributed by atoms with van der Waals surface area (Å²) in [5.41, 5.74) is 12.3. The Morgan fingerprint density at radius 1 is 1.25 bits per heavy atom. The van der Waals surface area contributed by atoms with Crippen molar-refractivity contribution in [3.05, 3.63) is 0 Å². The third-order valence-electron chi connectivity index (χ3n) is 4.21. The highest BCUT2D eigenvalue weighted by Gasteiger charge is 2.52. The van der Waals surface area contributed by atoms with Crippen LogP contribution in [0.2, 0.25) is 0 Å². The van der Waals surface area contributed by atoms with E-state index in [1.807, 2.05) is 0 Å². The van der Waals surface area contributed by atoms with Gasteiger partial charge in [-0.15, -0.1) is 12.4 Å². The second kappa shape index (κ2) is 4.51. The topological polar surface area (TPSA) is 108 Å². The molecule has 0 spiro atoms. The molecule has 1 unspecified atom stereocenters. The third kappa shape index (κ3) is 1.68. The first-order valence-electron chi connectivity index (χ1n) is 6.53. The highest BCUT2D eigenvalue weighted by Crippen LogP contribution is 2.36. The largest absolute Gasteiger partial charge is 0.382 e. The molecule has 20 heavy (non-hydrogen) atoms. The van der Waals surface area contributed by atoms with Gasteiger partial charge in [-0.05, 0) is 18.8 Å². The molecule has 3 fully saturated rings. The molecule has 0 radical (unpaired) electrons. The van der Waals surface area contributed by atoms with Gasteiger partial charge in [0.15, 0.2) is 11.5 Å². The SMILES string of the molecule is Cl.NC1=NC2(N3CC4CCN3CC4)N=CN=C2C(N)=N1. The van der Waals surface area contributed by atoms with E-state index in [0.29, 0.717) is 17.5 Å². The monoisotopic (exact) mass is 296 g/mol. The molecule has 5 heterocycles. The lowest BCUT2D eigenvalue weighted by Crippen LogP contribution is -2.68. The molecule has 0 amide bonds. The van der Waals surface area contributed by atoms with Gasteiger partial charge in [0.1, 0.15) is 6.34 Å². The summed E-state index contributed by atoms with van der Waals surface area (Å²) < 4.78 is 0. The van der Waals surface area contributed by atoms with E-state index in [-0.39, 0.29) is 18.4 Å². The van der Waals surface area contributed by atoms with E-state index in [1.165, 1.54) is 19.2 Å². The molecule has 1 atom stereocenters. The number of amidine groups is 1. The van der Waals surface area contributed by atoms with Crippen LogP contribution in [0, 0.1) is 5.92 Å². The Bertz CT molecular complexity index is 545. The van der Waals surface area contributed by atoms with Crippen molar-refractivity contribution < 1.29 is 0 Å². The van der Waals surface area contributed by atoms with E-state index >= 15 is 0 Å². The summed E-state index contributed by atoms with van der Waals surface area (Å²) in [6.45, 7) is 2.98. The smallest absolute Gasteiger partial charge is 0.272 e. The number of hydrogen-bond donors (Lipinski definition) is 2. The molecule has 108 valence electrons. The fourth-order valence-corrected chi connectivity index (χ4v) is 3.27. The van der Waals surface area contributed by atoms with Crippen LogP contribution in [-0.2, 0) is 0 Å². The predicted molar refractivity (Wildman–Crippen MR) is 80.2 cm³/mol. The van der Waals surface area contributed by atoms with E-state index in [4.69, 9.17) is 11.5 Å². The average Bonchev–Trinajstić information content (AvgIpc) is 2.85. The Kier molecular flexibility index (Phi) is 3.03. The van der Waals surface area contributed by atoms with E-state index < -0.39 is 5.79 Å². The number of rotatable bonds is 1. The Morgan fingerprint density at radius 3 is 2.65 bits per heavy atom. The standard InChI is InChI=1S/C11H16N8.ClH/c12-9-8-11(15-6-14-8,17-10(13)16-9)19-5-7-1-3-18(19)4-2-7;/h6-7H,1-5H2,(H4,12,13,16,17);1H. The van der Waals surface area contributed by atoms with Crippen molar-refractivity contribution in [2.24, 2.45) is 37.4 Å². The van der Waals surface area contributed by atoms with Crippen LogP contribution in [0.5, 0.6) is 0 Å². The zero-order valence-corrected chi connectivity index (χ0v) is 11.8. The first kappa shape index (κ1) is 13.5. The van der Waals surface area contributed by atoms with Crippen molar-refractivity contribution in [1.82, 2.24) is 10.0 Å². The number of nitrogens with zero attached hydrogens (tertiary/aromatic N) is 6. The maximum absolute atomic E-state index is 5.93. The van der Waals surface area contributed by atoms with E-state index in [0.717, 1.165) is 19.6 Å². The van der Waals surface area contributed by atoms with Crippen molar-refractivity contribution >= 4 is 36.3 Å². The minimum atomic E-state index is -0.908. The lowest BCUT2D eigenvalue weighted by atomic mass is 9.93. The first-order chi connectivity index (χ1) is 9.19. The highest BCUT2D eigenvalue weighted by atomic mass is 35.5. The van der Waals surface area contributed by atoms with Gasteiger partial charge in [0.25, 0.3) is 5.79 Å². The molecule has 2 bridgehead atoms. The number of halogens is 1. The molecule has 4 N–H and O–H groups in total. The highest BCUT2D eigenvalue weighted by molar-refractivity contribution is 6.48. The number of aliphatic imine (C=N–C) groups is 4. The average molecular weight is 297 g/mol. The third-order valence-corrected chi connectivity index (χ3v) is 4.21. The summed E-state index contributed by atoms with van der Waals surface area (Å²) in [5, 5.41) is 4.44. The predicted octanol–water partition coefficient (Wildman–Crippen LogP) is -0.827. The molecular weight excluding hydrogens is 280 g/mol. The molecule has 9 heteroatoms. The molecule has 0 aliphatic carbocycles. The lowest BCUT2D eigenvalue weighted by Gasteiger charge is -2.52. The van der Waals surface area contributed by atoms with Gasteiger partial charge in [-0.1, -0.05) is 0 Å². The van der Waals surface area contributed by atoms with Crippen molar-refractivity contribution in [2.45, 2.75) is 18.6 Å². The van der Waals surface area contributed by atoms with Crippen LogP contribution in [0.15, 0.2) is 20.0 Å². The Hall–Kier alpha value is -1.51. The molecule has 5 aliphatic rings. The van der Waals surface area contributed by atoms with Crippen molar-refractivity contribution in [1.29, 1.82) is 0 Å². The number of piperidine rings is 1. The Balaban J connectivity index is 0.00000121. The molecule has 0 aromatic heterocycles. The van der Waals surface area contributed by atoms with Gasteiger partial charge in [0.05, 0.1) is 0 Å². The summed E-state index contributed by atoms with van der Waals surface area (Å²) in [6.07, 6.45) is 3.96. The lowest BCUT2D eigenvalue weighted by molar-refractivity contribution is -0.148. The van der Waals surface area contributed by atoms with Crippen LogP contribution in [0.1, 0.15) is 12.8 Å². The van der Waals surface area contributed by atoms with Gasteiger partial charge in [-0.2, -0.15) is 15.0 Å². The van der Waals surface area contributed by atoms with Gasteiger partial charge in [-0.25, -0.2) is 15.0 Å². The van der Waals surface area contributed by atoms with Crippen LogP contribution < -0.4 is 11.5 Å². The van der Waals surface area contributed by atoms with Gasteiger partial charge < -0.3 is 11.5 Å². The number of fused-ring (bicyclic) bond motifs is 5. The van der Waals surface area contributed by atoms with Gasteiger partial charge in [0, 0.05) is 19.6 Å². The molecule has 3 saturated heterocycles. The maximum atomic E-state index is 5.93. The minimum Gasteiger partial charge on any atom is -0.382 e. The van der Waals surface area contributed by atoms with Crippen molar-refractivity contribution in [3.8, 4) is 0 Å². The fraction of sp³-hybridized carbons (Fsp3) is 0.636. The summed E-state index contributed by atoms with van der Waals surface area (Å²) in [7, 11) is 0. The molecule has 0 aromatic carbocycles. The van der Waals surface area contributed by atoms with E-state index in [2.05, 4.69) is 30.0 Å². The van der Waals surface area contributed by atoms with Crippen LogP contribution in [0.25, 0.3) is 0 Å². The van der Waals surface area contributed by atoms with Crippen molar-refractivity contribution in [3.63, 3.8) is 0 Å². The summed E-state index contributed by atoms with van der Waals surface area (Å²) in [6, 6.07) is 0. The normalized spacial score (nSPS) is 38.7. The van der Waals surface area contributed by atoms with E-state index in [1.54, 1.807) is 0 Å². The second-order valence-corrected chi connectivity index (χ2v) is 5.30. The Morgan fingerprint density at radius 2 is 2.00 bits per heavy atom. The first-order valence-corrected chi connectivity index (χ1v) is 6.53. The molecule has 8 nitrogen and oxygen atoms in total. The number of nitrogens with two attached hydrogens (primary N) is 2. The number of guanidine groups is 1. The van der Waals surface area contributed by atoms with Gasteiger partial charge in [0.2, 0.25) is 5.96 Å². The van der Waals surface area contributed by atoms with Gasteiger partial charge in [-0.3, -0.25) is 0 Å². The van der Waals surface area contributed by atoms with Crippen molar-refractivity contribution in [2.75, 3.05) is 19.6 Å². The van der Waals surface area contributed by atoms with Crippen LogP contribution in [0.4, 0.5) is 0 Å². The minimum absolute atomic E-state index is 0. The van der Waals surface area contributed by atoms with Crippen LogP contribution in [-0.4, -0.2) is 59.3 Å².